The number of carboxylic acid groups (broad SMARTS) is 1. The molecular weight excluding hydrogens is 190 g/mol. The molecule has 70 valence electrons. The van der Waals surface area contributed by atoms with Gasteiger partial charge < -0.3 is 5.11 Å². The Morgan fingerprint density at radius 1 is 1.69 bits per heavy atom. The molecule has 0 unspecified atom stereocenters. The lowest BCUT2D eigenvalue weighted by Gasteiger charge is -1.88. The molecule has 5 nitrogen and oxygen atoms in total. The van der Waals surface area contributed by atoms with Crippen LogP contribution in [-0.4, -0.2) is 32.0 Å². The van der Waals surface area contributed by atoms with Crippen LogP contribution in [0.1, 0.15) is 24.6 Å². The Bertz CT molecular complexity index is 321. The highest BCUT2D eigenvalue weighted by Gasteiger charge is 2.27. The van der Waals surface area contributed by atoms with Gasteiger partial charge in [-0.2, -0.15) is 0 Å². The third-order valence-electron chi connectivity index (χ3n) is 1.77. The van der Waals surface area contributed by atoms with Gasteiger partial charge in [0.15, 0.2) is 0 Å². The Balaban J connectivity index is 1.92. The highest BCUT2D eigenvalue weighted by atomic mass is 32.2. The van der Waals surface area contributed by atoms with Gasteiger partial charge in [0.05, 0.1) is 5.75 Å². The Kier molecular flexibility index (Phi) is 2.22. The summed E-state index contributed by atoms with van der Waals surface area (Å²) in [4.78, 5) is 14.4. The standard InChI is InChI=1S/C7H9N3O2S/c11-5(12)3-13-7-8-6(9-10-7)4-1-2-4/h4H,1-3H2,(H,11,12)(H,8,9,10). The minimum absolute atomic E-state index is 0.0158. The van der Waals surface area contributed by atoms with Crippen LogP contribution in [0, 0.1) is 0 Å². The average Bonchev–Trinajstić information content (AvgIpc) is 2.83. The van der Waals surface area contributed by atoms with Crippen molar-refractivity contribution in [1.82, 2.24) is 15.2 Å². The zero-order chi connectivity index (χ0) is 9.26. The number of aromatic amines is 1. The summed E-state index contributed by atoms with van der Waals surface area (Å²) in [5, 5.41) is 15.7. The van der Waals surface area contributed by atoms with Gasteiger partial charge in [-0.1, -0.05) is 11.8 Å². The number of nitrogens with one attached hydrogen (secondary N) is 1. The van der Waals surface area contributed by atoms with Crippen molar-refractivity contribution in [3.8, 4) is 0 Å². The molecule has 1 aliphatic rings. The second-order valence-electron chi connectivity index (χ2n) is 2.96. The third kappa shape index (κ3) is 2.21. The van der Waals surface area contributed by atoms with E-state index in [1.165, 1.54) is 0 Å². The van der Waals surface area contributed by atoms with E-state index in [-0.39, 0.29) is 5.75 Å². The maximum atomic E-state index is 10.2. The van der Waals surface area contributed by atoms with Crippen LogP contribution < -0.4 is 0 Å². The van der Waals surface area contributed by atoms with Crippen molar-refractivity contribution in [1.29, 1.82) is 0 Å². The molecule has 0 saturated heterocycles. The highest BCUT2D eigenvalue weighted by molar-refractivity contribution is 7.99. The van der Waals surface area contributed by atoms with E-state index in [1.54, 1.807) is 0 Å². The summed E-state index contributed by atoms with van der Waals surface area (Å²) in [6.45, 7) is 0. The summed E-state index contributed by atoms with van der Waals surface area (Å²) < 4.78 is 0. The number of hydrogen-bond donors (Lipinski definition) is 2. The number of thioether (sulfide) groups is 1. The fraction of sp³-hybridized carbons (Fsp3) is 0.571. The molecule has 0 atom stereocenters. The average molecular weight is 199 g/mol. The van der Waals surface area contributed by atoms with Gasteiger partial charge >= 0.3 is 5.97 Å². The van der Waals surface area contributed by atoms with Gasteiger partial charge in [0.2, 0.25) is 5.16 Å². The Hall–Kier alpha value is -1.04. The van der Waals surface area contributed by atoms with Crippen LogP contribution in [-0.2, 0) is 4.79 Å². The molecule has 1 aliphatic carbocycles. The summed E-state index contributed by atoms with van der Waals surface area (Å²) in [5.41, 5.74) is 0. The van der Waals surface area contributed by atoms with E-state index in [0.717, 1.165) is 30.4 Å². The Labute approximate surface area is 78.9 Å². The second-order valence-corrected chi connectivity index (χ2v) is 3.90. The summed E-state index contributed by atoms with van der Waals surface area (Å²) >= 11 is 1.14. The molecule has 0 aliphatic heterocycles. The monoisotopic (exact) mass is 199 g/mol. The lowest BCUT2D eigenvalue weighted by molar-refractivity contribution is -0.133. The SMILES string of the molecule is O=C(O)CSc1n[nH]c(C2CC2)n1. The number of H-pyrrole nitrogens is 1. The second kappa shape index (κ2) is 3.37. The van der Waals surface area contributed by atoms with Crippen molar-refractivity contribution in [2.45, 2.75) is 23.9 Å². The molecule has 0 aromatic carbocycles. The lowest BCUT2D eigenvalue weighted by atomic mass is 10.4. The van der Waals surface area contributed by atoms with Crippen molar-refractivity contribution < 1.29 is 9.90 Å². The summed E-state index contributed by atoms with van der Waals surface area (Å²) in [5.74, 6) is 0.601. The highest BCUT2D eigenvalue weighted by Crippen LogP contribution is 2.38. The van der Waals surface area contributed by atoms with Gasteiger partial charge in [0, 0.05) is 5.92 Å². The number of aliphatic carboxylic acids is 1. The van der Waals surface area contributed by atoms with Gasteiger partial charge in [0.25, 0.3) is 0 Å². The van der Waals surface area contributed by atoms with Crippen LogP contribution in [0.5, 0.6) is 0 Å². The molecule has 0 radical (unpaired) electrons. The predicted octanol–water partition coefficient (Wildman–Crippen LogP) is 0.859. The minimum atomic E-state index is -0.845. The van der Waals surface area contributed by atoms with Gasteiger partial charge in [-0.05, 0) is 12.8 Å². The van der Waals surface area contributed by atoms with Crippen LogP contribution in [0.15, 0.2) is 5.16 Å². The molecule has 1 heterocycles. The Morgan fingerprint density at radius 2 is 2.46 bits per heavy atom. The van der Waals surface area contributed by atoms with Crippen molar-refractivity contribution in [3.63, 3.8) is 0 Å². The quantitative estimate of drug-likeness (QED) is 0.703. The smallest absolute Gasteiger partial charge is 0.313 e. The predicted molar refractivity (Wildman–Crippen MR) is 46.7 cm³/mol. The van der Waals surface area contributed by atoms with Crippen LogP contribution in [0.25, 0.3) is 0 Å². The van der Waals surface area contributed by atoms with E-state index in [1.807, 2.05) is 0 Å². The maximum Gasteiger partial charge on any atom is 0.313 e. The number of nitrogens with zero attached hydrogens (tertiary/aromatic N) is 2. The first-order valence-corrected chi connectivity index (χ1v) is 5.01. The molecule has 6 heteroatoms. The van der Waals surface area contributed by atoms with E-state index >= 15 is 0 Å². The molecule has 1 aromatic heterocycles. The first-order chi connectivity index (χ1) is 6.25. The maximum absolute atomic E-state index is 10.2. The van der Waals surface area contributed by atoms with E-state index in [9.17, 15) is 4.79 Å². The molecule has 2 N–H and O–H groups in total. The zero-order valence-electron chi connectivity index (χ0n) is 6.86. The molecule has 0 amide bonds. The fourth-order valence-corrected chi connectivity index (χ4v) is 1.51. The molecular formula is C7H9N3O2S. The van der Waals surface area contributed by atoms with E-state index in [0.29, 0.717) is 11.1 Å². The molecule has 1 fully saturated rings. The molecule has 0 bridgehead atoms. The Morgan fingerprint density at radius 3 is 3.08 bits per heavy atom. The normalized spacial score (nSPS) is 16.0. The number of hydrogen-bond acceptors (Lipinski definition) is 4. The molecule has 13 heavy (non-hydrogen) atoms. The molecule has 0 spiro atoms. The number of carboxylic acids is 1. The van der Waals surface area contributed by atoms with E-state index in [4.69, 9.17) is 5.11 Å². The van der Waals surface area contributed by atoms with Crippen molar-refractivity contribution in [3.05, 3.63) is 5.82 Å². The molecule has 2 rings (SSSR count). The largest absolute Gasteiger partial charge is 0.481 e. The summed E-state index contributed by atoms with van der Waals surface area (Å²) in [6.07, 6.45) is 2.33. The van der Waals surface area contributed by atoms with Crippen LogP contribution in [0.2, 0.25) is 0 Å². The van der Waals surface area contributed by atoms with Crippen molar-refractivity contribution in [2.24, 2.45) is 0 Å². The third-order valence-corrected chi connectivity index (χ3v) is 2.60. The van der Waals surface area contributed by atoms with Crippen molar-refractivity contribution >= 4 is 17.7 Å². The molecule has 1 aromatic rings. The van der Waals surface area contributed by atoms with Gasteiger partial charge in [-0.25, -0.2) is 4.98 Å². The van der Waals surface area contributed by atoms with Crippen LogP contribution in [0.3, 0.4) is 0 Å². The minimum Gasteiger partial charge on any atom is -0.481 e. The van der Waals surface area contributed by atoms with Crippen molar-refractivity contribution in [2.75, 3.05) is 5.75 Å². The fourth-order valence-electron chi connectivity index (χ4n) is 0.988. The van der Waals surface area contributed by atoms with Crippen LogP contribution >= 0.6 is 11.8 Å². The van der Waals surface area contributed by atoms with Gasteiger partial charge in [-0.3, -0.25) is 9.89 Å². The number of rotatable bonds is 4. The van der Waals surface area contributed by atoms with Crippen LogP contribution in [0.4, 0.5) is 0 Å². The first kappa shape index (κ1) is 8.55. The molecule has 1 saturated carbocycles. The van der Waals surface area contributed by atoms with E-state index in [2.05, 4.69) is 15.2 Å². The van der Waals surface area contributed by atoms with E-state index < -0.39 is 5.97 Å². The number of aromatic nitrogens is 3. The summed E-state index contributed by atoms with van der Waals surface area (Å²) in [6, 6.07) is 0. The first-order valence-electron chi connectivity index (χ1n) is 4.02. The topological polar surface area (TPSA) is 78.9 Å². The summed E-state index contributed by atoms with van der Waals surface area (Å²) in [7, 11) is 0. The van der Waals surface area contributed by atoms with Gasteiger partial charge in [0.1, 0.15) is 5.82 Å². The zero-order valence-corrected chi connectivity index (χ0v) is 7.67. The van der Waals surface area contributed by atoms with Gasteiger partial charge in [-0.15, -0.1) is 5.10 Å². The lowest BCUT2D eigenvalue weighted by Crippen LogP contribution is -1.97. The number of carbonyl (C=O) groups is 1.